The maximum Gasteiger partial charge on any atom is 0.416 e. The van der Waals surface area contributed by atoms with Gasteiger partial charge in [0, 0.05) is 24.3 Å². The molecular formula is C36H46ClF7N2O6. The van der Waals surface area contributed by atoms with Crippen LogP contribution in [0.1, 0.15) is 99.1 Å². The fourth-order valence-corrected chi connectivity index (χ4v) is 5.08. The third kappa shape index (κ3) is 15.5. The molecule has 0 amide bonds. The number of piperidine rings is 2. The summed E-state index contributed by atoms with van der Waals surface area (Å²) < 4.78 is 98.0. The molecule has 2 aliphatic heterocycles. The number of alkyl halides is 6. The summed E-state index contributed by atoms with van der Waals surface area (Å²) in [6, 6.07) is 4.84. The van der Waals surface area contributed by atoms with Crippen LogP contribution in [0.15, 0.2) is 36.4 Å². The molecule has 292 valence electrons. The topological polar surface area (TPSA) is 102 Å². The lowest BCUT2D eigenvalue weighted by Crippen LogP contribution is -2.39. The second kappa shape index (κ2) is 19.4. The molecule has 2 fully saturated rings. The highest BCUT2D eigenvalue weighted by molar-refractivity contribution is 5.86. The van der Waals surface area contributed by atoms with Crippen LogP contribution in [0.3, 0.4) is 0 Å². The van der Waals surface area contributed by atoms with E-state index in [1.165, 1.54) is 6.07 Å². The Kier molecular flexibility index (Phi) is 17.3. The van der Waals surface area contributed by atoms with Crippen LogP contribution in [-0.4, -0.2) is 61.9 Å². The number of nitrogens with zero attached hydrogens (tertiary/aromatic N) is 1. The quantitative estimate of drug-likeness (QED) is 0.184. The molecule has 4 rings (SSSR count). The van der Waals surface area contributed by atoms with Gasteiger partial charge in [-0.25, -0.2) is 4.39 Å². The number of benzene rings is 2. The van der Waals surface area contributed by atoms with E-state index in [9.17, 15) is 49.9 Å². The van der Waals surface area contributed by atoms with Gasteiger partial charge >= 0.3 is 24.3 Å². The molecule has 0 aliphatic carbocycles. The number of ether oxygens (including phenoxy) is 2. The lowest BCUT2D eigenvalue weighted by molar-refractivity contribution is -0.161. The summed E-state index contributed by atoms with van der Waals surface area (Å²) in [5.41, 5.74) is -2.72. The van der Waals surface area contributed by atoms with Crippen molar-refractivity contribution in [2.75, 3.05) is 31.1 Å². The van der Waals surface area contributed by atoms with Gasteiger partial charge in [-0.2, -0.15) is 26.3 Å². The van der Waals surface area contributed by atoms with Crippen molar-refractivity contribution in [1.82, 2.24) is 5.32 Å². The minimum absolute atomic E-state index is 0. The molecule has 0 atom stereocenters. The summed E-state index contributed by atoms with van der Waals surface area (Å²) in [4.78, 5) is 46.7. The maximum atomic E-state index is 12.9. The third-order valence-corrected chi connectivity index (χ3v) is 7.59. The largest absolute Gasteiger partial charge is 0.460 e. The first kappa shape index (κ1) is 46.3. The van der Waals surface area contributed by atoms with E-state index in [0.717, 1.165) is 44.1 Å². The first-order chi connectivity index (χ1) is 23.4. The maximum absolute atomic E-state index is 12.9. The van der Waals surface area contributed by atoms with Gasteiger partial charge in [0.2, 0.25) is 0 Å². The number of rotatable bonds is 5. The summed E-state index contributed by atoms with van der Waals surface area (Å²) in [5, 5.41) is 3.22. The van der Waals surface area contributed by atoms with Gasteiger partial charge in [0.15, 0.2) is 12.6 Å². The molecule has 0 unspecified atom stereocenters. The molecule has 2 heterocycles. The van der Waals surface area contributed by atoms with Crippen LogP contribution in [0, 0.1) is 17.7 Å². The van der Waals surface area contributed by atoms with E-state index in [4.69, 9.17) is 9.47 Å². The van der Waals surface area contributed by atoms with Gasteiger partial charge in [-0.1, -0.05) is 0 Å². The zero-order chi connectivity index (χ0) is 38.8. The number of hydrogen-bond acceptors (Lipinski definition) is 8. The van der Waals surface area contributed by atoms with Gasteiger partial charge in [-0.3, -0.25) is 19.2 Å². The van der Waals surface area contributed by atoms with E-state index >= 15 is 0 Å². The van der Waals surface area contributed by atoms with Gasteiger partial charge in [0.25, 0.3) is 0 Å². The summed E-state index contributed by atoms with van der Waals surface area (Å²) in [5.74, 6) is -1.65. The summed E-state index contributed by atoms with van der Waals surface area (Å²) in [6.45, 7) is 13.8. The SMILES string of the molecule is CC(C)(C)OC(=O)C1CCN(c2cc(C(F)(F)F)ccc2C=O)CC1.CC(C)(C)OC(=O)C1CCNCC1.Cl.O=Cc1ccc(C(F)(F)F)cc1F. The first-order valence-corrected chi connectivity index (χ1v) is 16.3. The standard InChI is InChI=1S/C18H22F3NO3.C10H19NO2.C8H4F4O.ClH/c1-17(2,3)25-16(24)12-6-8-22(9-7-12)15-10-14(18(19,20)21)5-4-13(15)11-23;1-10(2,3)13-9(12)8-4-6-11-7-5-8;9-7-3-6(8(10,11)12)2-1-5(7)4-13;/h4-5,10-12H,6-9H2,1-3H3;8,11H,4-7H2,1-3H3;1-4H;1H. The molecule has 0 bridgehead atoms. The number of hydrogen-bond donors (Lipinski definition) is 1. The number of carbonyl (C=O) groups excluding carboxylic acids is 4. The molecule has 0 aromatic heterocycles. The number of anilines is 1. The predicted octanol–water partition coefficient (Wildman–Crippen LogP) is 8.48. The average Bonchev–Trinajstić information content (AvgIpc) is 3.03. The molecule has 0 spiro atoms. The number of aldehydes is 2. The molecule has 1 N–H and O–H groups in total. The minimum Gasteiger partial charge on any atom is -0.460 e. The van der Waals surface area contributed by atoms with Gasteiger partial charge < -0.3 is 19.7 Å². The van der Waals surface area contributed by atoms with E-state index in [0.29, 0.717) is 44.4 Å². The molecule has 0 radical (unpaired) electrons. The Morgan fingerprint density at radius 2 is 1.10 bits per heavy atom. The Hall–Kier alpha value is -3.72. The molecule has 0 saturated carbocycles. The van der Waals surface area contributed by atoms with Crippen molar-refractivity contribution in [2.45, 2.75) is 90.8 Å². The highest BCUT2D eigenvalue weighted by atomic mass is 35.5. The molecule has 2 aliphatic rings. The van der Waals surface area contributed by atoms with Crippen molar-refractivity contribution in [3.8, 4) is 0 Å². The van der Waals surface area contributed by atoms with Crippen LogP contribution < -0.4 is 10.2 Å². The second-order valence-electron chi connectivity index (χ2n) is 14.1. The number of nitrogens with one attached hydrogen (secondary N) is 1. The molecule has 2 saturated heterocycles. The van der Waals surface area contributed by atoms with E-state index in [1.54, 1.807) is 25.7 Å². The Morgan fingerprint density at radius 1 is 0.692 bits per heavy atom. The zero-order valence-corrected chi connectivity index (χ0v) is 30.7. The van der Waals surface area contributed by atoms with E-state index < -0.39 is 34.9 Å². The van der Waals surface area contributed by atoms with Gasteiger partial charge in [0.05, 0.1) is 28.5 Å². The van der Waals surface area contributed by atoms with Crippen LogP contribution in [0.25, 0.3) is 0 Å². The van der Waals surface area contributed by atoms with E-state index in [1.807, 2.05) is 20.8 Å². The number of carbonyl (C=O) groups is 4. The van der Waals surface area contributed by atoms with Crippen LogP contribution in [0.4, 0.5) is 36.4 Å². The lowest BCUT2D eigenvalue weighted by Gasteiger charge is -2.34. The predicted molar refractivity (Wildman–Crippen MR) is 183 cm³/mol. The Labute approximate surface area is 305 Å². The summed E-state index contributed by atoms with van der Waals surface area (Å²) in [6.07, 6.45) is -5.56. The highest BCUT2D eigenvalue weighted by Gasteiger charge is 2.34. The van der Waals surface area contributed by atoms with Crippen LogP contribution in [-0.2, 0) is 31.4 Å². The monoisotopic (exact) mass is 770 g/mol. The van der Waals surface area contributed by atoms with Gasteiger partial charge in [-0.05, 0) is 117 Å². The lowest BCUT2D eigenvalue weighted by atomic mass is 9.95. The van der Waals surface area contributed by atoms with Crippen LogP contribution in [0.5, 0.6) is 0 Å². The van der Waals surface area contributed by atoms with Gasteiger partial charge in [0.1, 0.15) is 17.0 Å². The van der Waals surface area contributed by atoms with Gasteiger partial charge in [-0.15, -0.1) is 12.4 Å². The molecule has 2 aromatic carbocycles. The fourth-order valence-electron chi connectivity index (χ4n) is 5.08. The van der Waals surface area contributed by atoms with E-state index in [2.05, 4.69) is 5.32 Å². The Balaban J connectivity index is 0.000000424. The van der Waals surface area contributed by atoms with Crippen molar-refractivity contribution >= 4 is 42.6 Å². The molecule has 8 nitrogen and oxygen atoms in total. The molecule has 16 heteroatoms. The average molecular weight is 771 g/mol. The first-order valence-electron chi connectivity index (χ1n) is 16.3. The molecule has 52 heavy (non-hydrogen) atoms. The highest BCUT2D eigenvalue weighted by Crippen LogP contribution is 2.35. The van der Waals surface area contributed by atoms with Crippen molar-refractivity contribution in [3.63, 3.8) is 0 Å². The van der Waals surface area contributed by atoms with Crippen molar-refractivity contribution in [2.24, 2.45) is 11.8 Å². The third-order valence-electron chi connectivity index (χ3n) is 7.59. The van der Waals surface area contributed by atoms with Crippen molar-refractivity contribution in [3.05, 3.63) is 64.5 Å². The zero-order valence-electron chi connectivity index (χ0n) is 29.9. The van der Waals surface area contributed by atoms with Crippen molar-refractivity contribution in [1.29, 1.82) is 0 Å². The van der Waals surface area contributed by atoms with Crippen LogP contribution in [0.2, 0.25) is 0 Å². The van der Waals surface area contributed by atoms with Crippen molar-refractivity contribution < 1.29 is 59.4 Å². The van der Waals surface area contributed by atoms with E-state index in [-0.39, 0.29) is 64.9 Å². The summed E-state index contributed by atoms with van der Waals surface area (Å²) in [7, 11) is 0. The minimum atomic E-state index is -4.58. The molecular weight excluding hydrogens is 725 g/mol. The Bertz CT molecular complexity index is 1490. The number of esters is 2. The second-order valence-corrected chi connectivity index (χ2v) is 14.1. The number of halogens is 8. The Morgan fingerprint density at radius 3 is 1.48 bits per heavy atom. The molecule has 2 aromatic rings. The summed E-state index contributed by atoms with van der Waals surface area (Å²) >= 11 is 0. The smallest absolute Gasteiger partial charge is 0.416 e. The van der Waals surface area contributed by atoms with Crippen LogP contribution >= 0.6 is 12.4 Å². The fraction of sp³-hybridized carbons (Fsp3) is 0.556. The normalized spacial score (nSPS) is 15.8.